The zero-order chi connectivity index (χ0) is 17.6. The molecule has 0 spiro atoms. The van der Waals surface area contributed by atoms with E-state index >= 15 is 0 Å². The fourth-order valence-corrected chi connectivity index (χ4v) is 1.64. The van der Waals surface area contributed by atoms with Crippen LogP contribution in [0.25, 0.3) is 0 Å². The van der Waals surface area contributed by atoms with E-state index < -0.39 is 40.7 Å². The lowest BCUT2D eigenvalue weighted by Crippen LogP contribution is -2.18. The summed E-state index contributed by atoms with van der Waals surface area (Å²) in [6.45, 7) is 0. The summed E-state index contributed by atoms with van der Waals surface area (Å²) in [4.78, 5) is 45.3. The standard InChI is InChI=1S/C14H13NO8/c1-22-10(16)6-9(14(21)23-2)15-8-5-3-4-7(12(17)18)11(8)13(19)20/h3-6,15H,1-2H3,(H,17,18)(H,19,20)/b9-6+. The number of carboxylic acid groups (broad SMARTS) is 2. The molecule has 1 aromatic rings. The van der Waals surface area contributed by atoms with Crippen molar-refractivity contribution in [2.24, 2.45) is 0 Å². The van der Waals surface area contributed by atoms with Crippen LogP contribution in [0.15, 0.2) is 30.0 Å². The Kier molecular flexibility index (Phi) is 5.84. The van der Waals surface area contributed by atoms with Gasteiger partial charge in [0.2, 0.25) is 0 Å². The summed E-state index contributed by atoms with van der Waals surface area (Å²) in [6, 6.07) is 3.62. The Balaban J connectivity index is 3.39. The average molecular weight is 323 g/mol. The average Bonchev–Trinajstić information content (AvgIpc) is 2.52. The van der Waals surface area contributed by atoms with E-state index in [9.17, 15) is 24.3 Å². The molecule has 0 aliphatic heterocycles. The highest BCUT2D eigenvalue weighted by atomic mass is 16.5. The van der Waals surface area contributed by atoms with Crippen LogP contribution in [0.2, 0.25) is 0 Å². The molecular formula is C14H13NO8. The zero-order valence-electron chi connectivity index (χ0n) is 12.2. The molecule has 0 aliphatic carbocycles. The lowest BCUT2D eigenvalue weighted by Gasteiger charge is -2.13. The number of anilines is 1. The van der Waals surface area contributed by atoms with E-state index in [4.69, 9.17) is 5.11 Å². The second-order valence-electron chi connectivity index (χ2n) is 4.04. The Morgan fingerprint density at radius 2 is 1.70 bits per heavy atom. The lowest BCUT2D eigenvalue weighted by molar-refractivity contribution is -0.138. The molecule has 0 bridgehead atoms. The number of nitrogens with one attached hydrogen (secondary N) is 1. The minimum Gasteiger partial charge on any atom is -0.478 e. The molecular weight excluding hydrogens is 310 g/mol. The number of hydrogen-bond donors (Lipinski definition) is 3. The second kappa shape index (κ2) is 7.59. The summed E-state index contributed by atoms with van der Waals surface area (Å²) in [5, 5.41) is 20.6. The maximum atomic E-state index is 11.6. The van der Waals surface area contributed by atoms with Gasteiger partial charge in [0, 0.05) is 0 Å². The maximum Gasteiger partial charge on any atom is 0.354 e. The first-order valence-electron chi connectivity index (χ1n) is 6.06. The number of rotatable bonds is 6. The van der Waals surface area contributed by atoms with Crippen LogP contribution < -0.4 is 5.32 Å². The predicted molar refractivity (Wildman–Crippen MR) is 76.1 cm³/mol. The number of hydrogen-bond acceptors (Lipinski definition) is 7. The van der Waals surface area contributed by atoms with Gasteiger partial charge in [-0.05, 0) is 12.1 Å². The van der Waals surface area contributed by atoms with Crippen molar-refractivity contribution in [3.8, 4) is 0 Å². The normalized spacial score (nSPS) is 10.6. The number of esters is 2. The predicted octanol–water partition coefficient (Wildman–Crippen LogP) is 0.725. The Morgan fingerprint density at radius 3 is 2.17 bits per heavy atom. The van der Waals surface area contributed by atoms with Gasteiger partial charge in [-0.1, -0.05) is 6.07 Å². The molecule has 0 amide bonds. The smallest absolute Gasteiger partial charge is 0.354 e. The first-order valence-corrected chi connectivity index (χ1v) is 6.06. The van der Waals surface area contributed by atoms with Crippen LogP contribution in [0, 0.1) is 0 Å². The Bertz CT molecular complexity index is 692. The van der Waals surface area contributed by atoms with Gasteiger partial charge < -0.3 is 25.0 Å². The first kappa shape index (κ1) is 17.7. The van der Waals surface area contributed by atoms with Crippen LogP contribution in [0.5, 0.6) is 0 Å². The highest BCUT2D eigenvalue weighted by Crippen LogP contribution is 2.22. The number of ether oxygens (including phenoxy) is 2. The summed E-state index contributed by atoms with van der Waals surface area (Å²) in [5.74, 6) is -4.83. The summed E-state index contributed by atoms with van der Waals surface area (Å²) in [6.07, 6.45) is 0.755. The van der Waals surface area contributed by atoms with Crippen molar-refractivity contribution in [3.05, 3.63) is 41.1 Å². The van der Waals surface area contributed by atoms with Crippen molar-refractivity contribution in [2.45, 2.75) is 0 Å². The summed E-state index contributed by atoms with van der Waals surface area (Å²) in [7, 11) is 2.14. The van der Waals surface area contributed by atoms with Crippen LogP contribution in [0.4, 0.5) is 5.69 Å². The molecule has 1 rings (SSSR count). The molecule has 0 heterocycles. The van der Waals surface area contributed by atoms with E-state index in [1.807, 2.05) is 0 Å². The van der Waals surface area contributed by atoms with E-state index in [1.165, 1.54) is 12.1 Å². The molecule has 9 heteroatoms. The SMILES string of the molecule is COC(=O)/C=C(/Nc1cccc(C(=O)O)c1C(=O)O)C(=O)OC. The largest absolute Gasteiger partial charge is 0.478 e. The van der Waals surface area contributed by atoms with Gasteiger partial charge >= 0.3 is 23.9 Å². The van der Waals surface area contributed by atoms with Crippen LogP contribution in [0.1, 0.15) is 20.7 Å². The Hall–Kier alpha value is -3.36. The number of benzene rings is 1. The minimum absolute atomic E-state index is 0.196. The topological polar surface area (TPSA) is 139 Å². The van der Waals surface area contributed by atoms with Gasteiger partial charge in [-0.2, -0.15) is 0 Å². The van der Waals surface area contributed by atoms with E-state index in [1.54, 1.807) is 0 Å². The van der Waals surface area contributed by atoms with Gasteiger partial charge in [0.1, 0.15) is 5.70 Å². The molecule has 0 saturated carbocycles. The molecule has 1 aromatic carbocycles. The van der Waals surface area contributed by atoms with Gasteiger partial charge in [0.25, 0.3) is 0 Å². The van der Waals surface area contributed by atoms with Gasteiger partial charge in [0.15, 0.2) is 0 Å². The third kappa shape index (κ3) is 4.30. The third-order valence-corrected chi connectivity index (χ3v) is 2.65. The highest BCUT2D eigenvalue weighted by molar-refractivity contribution is 6.07. The van der Waals surface area contributed by atoms with Crippen molar-refractivity contribution in [1.82, 2.24) is 0 Å². The molecule has 0 unspecified atom stereocenters. The number of aromatic carboxylic acids is 2. The molecule has 9 nitrogen and oxygen atoms in total. The monoisotopic (exact) mass is 323 g/mol. The molecule has 0 atom stereocenters. The fraction of sp³-hybridized carbons (Fsp3) is 0.143. The maximum absolute atomic E-state index is 11.6. The zero-order valence-corrected chi connectivity index (χ0v) is 12.2. The van der Waals surface area contributed by atoms with E-state index in [2.05, 4.69) is 14.8 Å². The quantitative estimate of drug-likeness (QED) is 0.510. The number of methoxy groups -OCH3 is 2. The molecule has 3 N–H and O–H groups in total. The van der Waals surface area contributed by atoms with Crippen molar-refractivity contribution in [2.75, 3.05) is 19.5 Å². The fourth-order valence-electron chi connectivity index (χ4n) is 1.64. The van der Waals surface area contributed by atoms with Crippen LogP contribution in [-0.4, -0.2) is 48.3 Å². The summed E-state index contributed by atoms with van der Waals surface area (Å²) >= 11 is 0. The van der Waals surface area contributed by atoms with E-state index in [-0.39, 0.29) is 5.69 Å². The van der Waals surface area contributed by atoms with Crippen LogP contribution in [0.3, 0.4) is 0 Å². The minimum atomic E-state index is -1.52. The summed E-state index contributed by atoms with van der Waals surface area (Å²) in [5.41, 5.74) is -1.66. The highest BCUT2D eigenvalue weighted by Gasteiger charge is 2.22. The Labute approximate surface area is 130 Å². The van der Waals surface area contributed by atoms with Gasteiger partial charge in [-0.3, -0.25) is 0 Å². The lowest BCUT2D eigenvalue weighted by atomic mass is 10.1. The summed E-state index contributed by atoms with van der Waals surface area (Å²) < 4.78 is 8.85. The number of carbonyl (C=O) groups is 4. The third-order valence-electron chi connectivity index (χ3n) is 2.65. The molecule has 0 radical (unpaired) electrons. The van der Waals surface area contributed by atoms with Crippen molar-refractivity contribution >= 4 is 29.6 Å². The second-order valence-corrected chi connectivity index (χ2v) is 4.04. The van der Waals surface area contributed by atoms with Gasteiger partial charge in [-0.25, -0.2) is 19.2 Å². The first-order chi connectivity index (χ1) is 10.8. The van der Waals surface area contributed by atoms with Crippen molar-refractivity contribution in [3.63, 3.8) is 0 Å². The molecule has 0 saturated heterocycles. The molecule has 0 aliphatic rings. The Morgan fingerprint density at radius 1 is 1.04 bits per heavy atom. The number of carbonyl (C=O) groups excluding carboxylic acids is 2. The van der Waals surface area contributed by atoms with Gasteiger partial charge in [-0.15, -0.1) is 0 Å². The van der Waals surface area contributed by atoms with E-state index in [0.29, 0.717) is 0 Å². The number of carboxylic acids is 2. The van der Waals surface area contributed by atoms with Crippen LogP contribution in [-0.2, 0) is 19.1 Å². The molecule has 23 heavy (non-hydrogen) atoms. The van der Waals surface area contributed by atoms with Gasteiger partial charge in [0.05, 0.1) is 37.1 Å². The molecule has 122 valence electrons. The van der Waals surface area contributed by atoms with Crippen molar-refractivity contribution < 1.29 is 38.9 Å². The molecule has 0 fully saturated rings. The van der Waals surface area contributed by atoms with Crippen molar-refractivity contribution in [1.29, 1.82) is 0 Å². The molecule has 0 aromatic heterocycles. The van der Waals surface area contributed by atoms with Crippen LogP contribution >= 0.6 is 0 Å². The van der Waals surface area contributed by atoms with E-state index in [0.717, 1.165) is 26.4 Å².